The maximum atomic E-state index is 11.9. The van der Waals surface area contributed by atoms with Gasteiger partial charge in [-0.05, 0) is 23.9 Å². The summed E-state index contributed by atoms with van der Waals surface area (Å²) in [5.74, 6) is -1.32. The number of carboxylic acid groups (broad SMARTS) is 1. The van der Waals surface area contributed by atoms with Crippen molar-refractivity contribution in [3.63, 3.8) is 0 Å². The van der Waals surface area contributed by atoms with Gasteiger partial charge in [-0.2, -0.15) is 0 Å². The summed E-state index contributed by atoms with van der Waals surface area (Å²) < 4.78 is 0. The van der Waals surface area contributed by atoms with Gasteiger partial charge in [-0.15, -0.1) is 0 Å². The molecule has 0 atom stereocenters. The minimum atomic E-state index is -0.904. The predicted molar refractivity (Wildman–Crippen MR) is 73.8 cm³/mol. The monoisotopic (exact) mass is 274 g/mol. The van der Waals surface area contributed by atoms with Crippen molar-refractivity contribution in [1.82, 2.24) is 10.3 Å². The average Bonchev–Trinajstić information content (AvgIpc) is 2.43. The molecule has 0 saturated heterocycles. The lowest BCUT2D eigenvalue weighted by Gasteiger charge is -2.05. The molecule has 1 amide bonds. The first-order chi connectivity index (χ1) is 9.58. The molecule has 0 radical (unpaired) electrons. The zero-order valence-corrected chi connectivity index (χ0v) is 10.7. The fourth-order valence-electron chi connectivity index (χ4n) is 1.87. The van der Waals surface area contributed by atoms with E-state index in [1.165, 1.54) is 0 Å². The molecule has 0 aliphatic heterocycles. The second-order valence-electron chi connectivity index (χ2n) is 4.35. The number of pyridine rings is 1. The molecule has 0 spiro atoms. The molecule has 1 aromatic heterocycles. The van der Waals surface area contributed by atoms with Crippen molar-refractivity contribution < 1.29 is 14.7 Å². The molecular formula is C14H14N2O4. The Kier molecular flexibility index (Phi) is 4.14. The molecule has 2 rings (SSSR count). The average molecular weight is 274 g/mol. The van der Waals surface area contributed by atoms with Crippen LogP contribution in [0.3, 0.4) is 0 Å². The topological polar surface area (TPSA) is 99.3 Å². The van der Waals surface area contributed by atoms with Crippen LogP contribution in [-0.2, 0) is 4.79 Å². The quantitative estimate of drug-likeness (QED) is 0.711. The van der Waals surface area contributed by atoms with E-state index in [0.29, 0.717) is 17.2 Å². The highest BCUT2D eigenvalue weighted by Gasteiger charge is 2.09. The molecule has 20 heavy (non-hydrogen) atoms. The minimum absolute atomic E-state index is 0.00544. The summed E-state index contributed by atoms with van der Waals surface area (Å²) in [5.41, 5.74) is -0.150. The van der Waals surface area contributed by atoms with Gasteiger partial charge in [0, 0.05) is 18.4 Å². The SMILES string of the molecule is O=C(O)CCCNC(=O)c1cc2ccccc2c(=O)[nH]1. The van der Waals surface area contributed by atoms with Crippen molar-refractivity contribution in [2.75, 3.05) is 6.54 Å². The van der Waals surface area contributed by atoms with Crippen LogP contribution in [0.4, 0.5) is 0 Å². The summed E-state index contributed by atoms with van der Waals surface area (Å²) in [4.78, 5) is 36.5. The Balaban J connectivity index is 2.10. The van der Waals surface area contributed by atoms with Gasteiger partial charge < -0.3 is 15.4 Å². The normalized spacial score (nSPS) is 10.4. The number of fused-ring (bicyclic) bond motifs is 1. The van der Waals surface area contributed by atoms with Gasteiger partial charge in [-0.25, -0.2) is 0 Å². The van der Waals surface area contributed by atoms with Crippen molar-refractivity contribution in [3.8, 4) is 0 Å². The number of carboxylic acids is 1. The predicted octanol–water partition coefficient (Wildman–Crippen LogP) is 1.12. The molecule has 1 heterocycles. The number of benzene rings is 1. The number of aliphatic carboxylic acids is 1. The van der Waals surface area contributed by atoms with Crippen LogP contribution >= 0.6 is 0 Å². The number of carbonyl (C=O) groups excluding carboxylic acids is 1. The molecule has 0 bridgehead atoms. The molecule has 1 aromatic carbocycles. The Bertz CT molecular complexity index is 706. The van der Waals surface area contributed by atoms with Crippen molar-refractivity contribution in [3.05, 3.63) is 46.4 Å². The summed E-state index contributed by atoms with van der Waals surface area (Å²) in [6.07, 6.45) is 0.341. The Labute approximate surface area is 114 Å². The Morgan fingerprint density at radius 1 is 1.25 bits per heavy atom. The number of amides is 1. The molecule has 3 N–H and O–H groups in total. The first-order valence-corrected chi connectivity index (χ1v) is 6.20. The van der Waals surface area contributed by atoms with Crippen LogP contribution in [0, 0.1) is 0 Å². The summed E-state index contributed by atoms with van der Waals surface area (Å²) in [7, 11) is 0. The third-order valence-corrected chi connectivity index (χ3v) is 2.85. The van der Waals surface area contributed by atoms with Gasteiger partial charge in [0.15, 0.2) is 0 Å². The minimum Gasteiger partial charge on any atom is -0.481 e. The molecule has 104 valence electrons. The molecule has 0 saturated carbocycles. The molecular weight excluding hydrogens is 260 g/mol. The van der Waals surface area contributed by atoms with Crippen LogP contribution in [0.15, 0.2) is 35.1 Å². The van der Waals surface area contributed by atoms with E-state index in [0.717, 1.165) is 0 Å². The van der Waals surface area contributed by atoms with E-state index in [9.17, 15) is 14.4 Å². The maximum absolute atomic E-state index is 11.9. The highest BCUT2D eigenvalue weighted by molar-refractivity contribution is 5.96. The van der Waals surface area contributed by atoms with Crippen molar-refractivity contribution in [1.29, 1.82) is 0 Å². The molecule has 2 aromatic rings. The zero-order valence-electron chi connectivity index (χ0n) is 10.7. The highest BCUT2D eigenvalue weighted by Crippen LogP contribution is 2.09. The lowest BCUT2D eigenvalue weighted by molar-refractivity contribution is -0.137. The standard InChI is InChI=1S/C14H14N2O4/c17-12(18)6-3-7-15-14(20)11-8-9-4-1-2-5-10(9)13(19)16-11/h1-2,4-5,8H,3,6-7H2,(H,15,20)(H,16,19)(H,17,18). The van der Waals surface area contributed by atoms with Crippen LogP contribution in [0.5, 0.6) is 0 Å². The third kappa shape index (κ3) is 3.23. The highest BCUT2D eigenvalue weighted by atomic mass is 16.4. The van der Waals surface area contributed by atoms with E-state index in [-0.39, 0.29) is 24.2 Å². The Morgan fingerprint density at radius 2 is 2.00 bits per heavy atom. The summed E-state index contributed by atoms with van der Waals surface area (Å²) in [6, 6.07) is 8.58. The molecule has 0 aliphatic carbocycles. The van der Waals surface area contributed by atoms with Gasteiger partial charge >= 0.3 is 5.97 Å². The van der Waals surface area contributed by atoms with Crippen LogP contribution < -0.4 is 10.9 Å². The van der Waals surface area contributed by atoms with Gasteiger partial charge in [-0.3, -0.25) is 14.4 Å². The molecule has 0 fully saturated rings. The number of H-pyrrole nitrogens is 1. The lowest BCUT2D eigenvalue weighted by Crippen LogP contribution is -2.27. The van der Waals surface area contributed by atoms with Crippen LogP contribution in [-0.4, -0.2) is 28.5 Å². The summed E-state index contributed by atoms with van der Waals surface area (Å²) in [6.45, 7) is 0.250. The van der Waals surface area contributed by atoms with Gasteiger partial charge in [0.25, 0.3) is 11.5 Å². The second-order valence-corrected chi connectivity index (χ2v) is 4.35. The van der Waals surface area contributed by atoms with E-state index in [1.54, 1.807) is 30.3 Å². The number of rotatable bonds is 5. The first-order valence-electron chi connectivity index (χ1n) is 6.20. The molecule has 6 heteroatoms. The Hall–Kier alpha value is -2.63. The summed E-state index contributed by atoms with van der Waals surface area (Å²) >= 11 is 0. The zero-order chi connectivity index (χ0) is 14.5. The second kappa shape index (κ2) is 6.01. The van der Waals surface area contributed by atoms with Crippen molar-refractivity contribution in [2.24, 2.45) is 0 Å². The smallest absolute Gasteiger partial charge is 0.303 e. The van der Waals surface area contributed by atoms with E-state index in [2.05, 4.69) is 10.3 Å². The first kappa shape index (κ1) is 13.8. The maximum Gasteiger partial charge on any atom is 0.303 e. The summed E-state index contributed by atoms with van der Waals surface area (Å²) in [5, 5.41) is 12.3. The third-order valence-electron chi connectivity index (χ3n) is 2.85. The fourth-order valence-corrected chi connectivity index (χ4v) is 1.87. The van der Waals surface area contributed by atoms with E-state index in [1.807, 2.05) is 0 Å². The molecule has 6 nitrogen and oxygen atoms in total. The van der Waals surface area contributed by atoms with E-state index in [4.69, 9.17) is 5.11 Å². The van der Waals surface area contributed by atoms with Crippen molar-refractivity contribution >= 4 is 22.6 Å². The fraction of sp³-hybridized carbons (Fsp3) is 0.214. The number of aromatic amines is 1. The van der Waals surface area contributed by atoms with E-state index >= 15 is 0 Å². The lowest BCUT2D eigenvalue weighted by atomic mass is 10.1. The van der Waals surface area contributed by atoms with Gasteiger partial charge in [0.1, 0.15) is 5.69 Å². The number of hydrogen-bond acceptors (Lipinski definition) is 3. The van der Waals surface area contributed by atoms with E-state index < -0.39 is 11.9 Å². The van der Waals surface area contributed by atoms with Gasteiger partial charge in [-0.1, -0.05) is 18.2 Å². The molecule has 0 unspecified atom stereocenters. The van der Waals surface area contributed by atoms with Crippen LogP contribution in [0.25, 0.3) is 10.8 Å². The van der Waals surface area contributed by atoms with Crippen molar-refractivity contribution in [2.45, 2.75) is 12.8 Å². The number of carbonyl (C=O) groups is 2. The van der Waals surface area contributed by atoms with Crippen LogP contribution in [0.1, 0.15) is 23.3 Å². The van der Waals surface area contributed by atoms with Crippen LogP contribution in [0.2, 0.25) is 0 Å². The number of nitrogens with one attached hydrogen (secondary N) is 2. The largest absolute Gasteiger partial charge is 0.481 e. The number of hydrogen-bond donors (Lipinski definition) is 3. The Morgan fingerprint density at radius 3 is 2.75 bits per heavy atom. The molecule has 0 aliphatic rings. The van der Waals surface area contributed by atoms with Gasteiger partial charge in [0.05, 0.1) is 0 Å². The van der Waals surface area contributed by atoms with Gasteiger partial charge in [0.2, 0.25) is 0 Å². The number of aromatic nitrogens is 1.